The summed E-state index contributed by atoms with van der Waals surface area (Å²) in [7, 11) is 0. The fourth-order valence-corrected chi connectivity index (χ4v) is 2.96. The van der Waals surface area contributed by atoms with Crippen molar-refractivity contribution < 1.29 is 19.6 Å². The Morgan fingerprint density at radius 3 is 2.69 bits per heavy atom. The van der Waals surface area contributed by atoms with Gasteiger partial charge in [0.1, 0.15) is 24.8 Å². The van der Waals surface area contributed by atoms with E-state index in [0.717, 1.165) is 11.1 Å². The predicted octanol–water partition coefficient (Wildman–Crippen LogP) is 3.71. The largest absolute Gasteiger partial charge is 0.491 e. The number of rotatable bonds is 8. The van der Waals surface area contributed by atoms with Crippen LogP contribution in [0.5, 0.6) is 5.75 Å². The molecule has 1 N–H and O–H groups in total. The van der Waals surface area contributed by atoms with Crippen molar-refractivity contribution in [2.45, 2.75) is 13.5 Å². The molecular weight excluding hydrogens is 376 g/mol. The molecule has 1 amide bonds. The van der Waals surface area contributed by atoms with Gasteiger partial charge in [-0.05, 0) is 41.2 Å². The van der Waals surface area contributed by atoms with E-state index in [2.05, 4.69) is 4.98 Å². The van der Waals surface area contributed by atoms with Crippen LogP contribution < -0.4 is 9.64 Å². The Labute approximate surface area is 166 Å². The molecule has 0 spiro atoms. The molecule has 0 atom stereocenters. The molecule has 0 bridgehead atoms. The summed E-state index contributed by atoms with van der Waals surface area (Å²) in [5, 5.41) is 20.5. The quantitative estimate of drug-likeness (QED) is 0.459. The van der Waals surface area contributed by atoms with Gasteiger partial charge in [0.25, 0.3) is 0 Å². The van der Waals surface area contributed by atoms with E-state index in [-0.39, 0.29) is 25.6 Å². The molecule has 3 rings (SSSR count). The van der Waals surface area contributed by atoms with Crippen molar-refractivity contribution in [3.63, 3.8) is 0 Å². The zero-order valence-electron chi connectivity index (χ0n) is 15.8. The van der Waals surface area contributed by atoms with E-state index in [9.17, 15) is 20.0 Å². The average molecular weight is 396 g/mol. The van der Waals surface area contributed by atoms with E-state index in [1.54, 1.807) is 42.6 Å². The molecule has 0 fully saturated rings. The molecule has 0 radical (unpaired) electrons. The SMILES string of the molecule is Cc1c(Cn2ccnc2[N+](=O)[O-])cccc1OCCN(C(=O)O)c1ccccc1. The van der Waals surface area contributed by atoms with Gasteiger partial charge in [-0.2, -0.15) is 0 Å². The number of hydrogen-bond donors (Lipinski definition) is 1. The number of hydrogen-bond acceptors (Lipinski definition) is 5. The highest BCUT2D eigenvalue weighted by atomic mass is 16.6. The maximum atomic E-state index is 11.5. The van der Waals surface area contributed by atoms with Crippen molar-refractivity contribution >= 4 is 17.7 Å². The van der Waals surface area contributed by atoms with E-state index >= 15 is 0 Å². The number of ether oxygens (including phenoxy) is 1. The number of benzene rings is 2. The van der Waals surface area contributed by atoms with Gasteiger partial charge in [0.15, 0.2) is 0 Å². The van der Waals surface area contributed by atoms with Crippen LogP contribution in [0.15, 0.2) is 60.9 Å². The number of anilines is 1. The van der Waals surface area contributed by atoms with Gasteiger partial charge < -0.3 is 20.0 Å². The minimum atomic E-state index is -1.06. The molecular formula is C20H20N4O5. The maximum Gasteiger partial charge on any atom is 0.434 e. The molecule has 0 aliphatic carbocycles. The fraction of sp³-hybridized carbons (Fsp3) is 0.200. The van der Waals surface area contributed by atoms with Crippen molar-refractivity contribution in [1.29, 1.82) is 0 Å². The first-order valence-electron chi connectivity index (χ1n) is 8.89. The van der Waals surface area contributed by atoms with Gasteiger partial charge in [-0.3, -0.25) is 4.90 Å². The molecule has 9 nitrogen and oxygen atoms in total. The normalized spacial score (nSPS) is 10.5. The summed E-state index contributed by atoms with van der Waals surface area (Å²) in [4.78, 5) is 27.0. The molecule has 0 saturated carbocycles. The summed E-state index contributed by atoms with van der Waals surface area (Å²) in [6.07, 6.45) is 1.88. The van der Waals surface area contributed by atoms with Crippen LogP contribution in [0.3, 0.4) is 0 Å². The number of nitro groups is 1. The Kier molecular flexibility index (Phi) is 6.08. The molecule has 0 aliphatic rings. The average Bonchev–Trinajstić information content (AvgIpc) is 3.17. The summed E-state index contributed by atoms with van der Waals surface area (Å²) in [6, 6.07) is 14.3. The number of carbonyl (C=O) groups is 1. The molecule has 0 saturated heterocycles. The molecule has 0 unspecified atom stereocenters. The zero-order chi connectivity index (χ0) is 20.8. The van der Waals surface area contributed by atoms with Gasteiger partial charge in [0.2, 0.25) is 0 Å². The fourth-order valence-electron chi connectivity index (χ4n) is 2.96. The molecule has 29 heavy (non-hydrogen) atoms. The van der Waals surface area contributed by atoms with Crippen LogP contribution in [-0.4, -0.2) is 38.8 Å². The molecule has 150 valence electrons. The second-order valence-electron chi connectivity index (χ2n) is 6.27. The predicted molar refractivity (Wildman–Crippen MR) is 106 cm³/mol. The second-order valence-corrected chi connectivity index (χ2v) is 6.27. The van der Waals surface area contributed by atoms with E-state index < -0.39 is 11.0 Å². The summed E-state index contributed by atoms with van der Waals surface area (Å²) >= 11 is 0. The molecule has 9 heteroatoms. The Hall–Kier alpha value is -3.88. The smallest absolute Gasteiger partial charge is 0.434 e. The van der Waals surface area contributed by atoms with Crippen molar-refractivity contribution in [1.82, 2.24) is 9.55 Å². The van der Waals surface area contributed by atoms with Crippen LogP contribution in [0.1, 0.15) is 11.1 Å². The van der Waals surface area contributed by atoms with Crippen molar-refractivity contribution in [3.8, 4) is 5.75 Å². The van der Waals surface area contributed by atoms with Gasteiger partial charge in [-0.15, -0.1) is 0 Å². The first-order chi connectivity index (χ1) is 14.0. The van der Waals surface area contributed by atoms with Gasteiger partial charge >= 0.3 is 12.0 Å². The summed E-state index contributed by atoms with van der Waals surface area (Å²) in [5.41, 5.74) is 2.25. The standard InChI is InChI=1S/C20H20N4O5/c1-15-16(14-22-11-10-21-19(22)24(27)28)6-5-9-18(15)29-13-12-23(20(25)26)17-7-3-2-4-8-17/h2-11H,12-14H2,1H3,(H,25,26). The van der Waals surface area contributed by atoms with E-state index in [4.69, 9.17) is 4.74 Å². The maximum absolute atomic E-state index is 11.5. The molecule has 2 aromatic carbocycles. The minimum Gasteiger partial charge on any atom is -0.491 e. The zero-order valence-corrected chi connectivity index (χ0v) is 15.8. The van der Waals surface area contributed by atoms with Crippen molar-refractivity contribution in [2.24, 2.45) is 0 Å². The van der Waals surface area contributed by atoms with E-state index in [0.29, 0.717) is 11.4 Å². The lowest BCUT2D eigenvalue weighted by Gasteiger charge is -2.20. The Bertz CT molecular complexity index is 1000. The number of amides is 1. The second kappa shape index (κ2) is 8.87. The van der Waals surface area contributed by atoms with E-state index in [1.807, 2.05) is 19.1 Å². The van der Waals surface area contributed by atoms with Crippen molar-refractivity contribution in [2.75, 3.05) is 18.1 Å². The summed E-state index contributed by atoms with van der Waals surface area (Å²) < 4.78 is 7.26. The molecule has 1 aromatic heterocycles. The lowest BCUT2D eigenvalue weighted by atomic mass is 10.1. The van der Waals surface area contributed by atoms with Crippen LogP contribution in [0.2, 0.25) is 0 Å². The van der Waals surface area contributed by atoms with Crippen LogP contribution in [0.25, 0.3) is 0 Å². The summed E-state index contributed by atoms with van der Waals surface area (Å²) in [5.74, 6) is 0.374. The van der Waals surface area contributed by atoms with Crippen LogP contribution in [0.4, 0.5) is 16.4 Å². The van der Waals surface area contributed by atoms with E-state index in [1.165, 1.54) is 15.7 Å². The van der Waals surface area contributed by atoms with Crippen LogP contribution >= 0.6 is 0 Å². The molecule has 0 aliphatic heterocycles. The van der Waals surface area contributed by atoms with Gasteiger partial charge in [0.05, 0.1) is 13.1 Å². The number of carboxylic acid groups (broad SMARTS) is 1. The Morgan fingerprint density at radius 2 is 2.00 bits per heavy atom. The van der Waals surface area contributed by atoms with Crippen LogP contribution in [0, 0.1) is 17.0 Å². The monoisotopic (exact) mass is 396 g/mol. The summed E-state index contributed by atoms with van der Waals surface area (Å²) in [6.45, 7) is 2.47. The third-order valence-corrected chi connectivity index (χ3v) is 4.47. The van der Waals surface area contributed by atoms with Gasteiger partial charge in [-0.1, -0.05) is 35.3 Å². The number of aromatic nitrogens is 2. The molecule has 1 heterocycles. The topological polar surface area (TPSA) is 111 Å². The van der Waals surface area contributed by atoms with Gasteiger partial charge in [0, 0.05) is 5.69 Å². The lowest BCUT2D eigenvalue weighted by Crippen LogP contribution is -2.33. The number of nitrogens with zero attached hydrogens (tertiary/aromatic N) is 4. The highest BCUT2D eigenvalue weighted by Gasteiger charge is 2.17. The highest BCUT2D eigenvalue weighted by Crippen LogP contribution is 2.24. The van der Waals surface area contributed by atoms with Crippen LogP contribution in [-0.2, 0) is 6.54 Å². The minimum absolute atomic E-state index is 0.163. The third-order valence-electron chi connectivity index (χ3n) is 4.47. The number of para-hydroxylation sites is 1. The highest BCUT2D eigenvalue weighted by molar-refractivity contribution is 5.85. The number of imidazole rings is 1. The third kappa shape index (κ3) is 4.70. The van der Waals surface area contributed by atoms with Crippen molar-refractivity contribution in [3.05, 3.63) is 82.2 Å². The first kappa shape index (κ1) is 19.9. The van der Waals surface area contributed by atoms with Gasteiger partial charge in [-0.25, -0.2) is 9.36 Å². The first-order valence-corrected chi connectivity index (χ1v) is 8.89. The molecule has 3 aromatic rings. The Balaban J connectivity index is 1.69. The Morgan fingerprint density at radius 1 is 1.24 bits per heavy atom. The lowest BCUT2D eigenvalue weighted by molar-refractivity contribution is -0.396.